The van der Waals surface area contributed by atoms with Crippen molar-refractivity contribution in [2.45, 2.75) is 0 Å². The molecule has 3 aromatic rings. The molecule has 0 fully saturated rings. The number of benzene rings is 3. The third kappa shape index (κ3) is 4.93. The first kappa shape index (κ1) is 20.4. The zero-order chi connectivity index (χ0) is 20.1. The lowest BCUT2D eigenvalue weighted by Gasteiger charge is -2.12. The maximum Gasteiger partial charge on any atom is 0.349 e. The Morgan fingerprint density at radius 3 is 2.43 bits per heavy atom. The zero-order valence-electron chi connectivity index (χ0n) is 14.3. The second kappa shape index (κ2) is 9.24. The summed E-state index contributed by atoms with van der Waals surface area (Å²) in [4.78, 5) is 23.3. The molecule has 0 radical (unpaired) electrons. The molecule has 0 saturated heterocycles. The van der Waals surface area contributed by atoms with E-state index in [0.717, 1.165) is 11.1 Å². The summed E-state index contributed by atoms with van der Waals surface area (Å²) in [5.41, 5.74) is 2.15. The monoisotopic (exact) mass is 478 g/mol. The van der Waals surface area contributed by atoms with Crippen molar-refractivity contribution in [2.24, 2.45) is 0 Å². The van der Waals surface area contributed by atoms with Crippen LogP contribution in [-0.4, -0.2) is 18.9 Å². The lowest BCUT2D eigenvalue weighted by Crippen LogP contribution is -2.18. The van der Waals surface area contributed by atoms with Gasteiger partial charge in [0.15, 0.2) is 18.6 Å². The second-order valence-electron chi connectivity index (χ2n) is 5.70. The molecule has 0 aliphatic heterocycles. The smallest absolute Gasteiger partial charge is 0.349 e. The average Bonchev–Trinajstić information content (AvgIpc) is 2.69. The summed E-state index contributed by atoms with van der Waals surface area (Å²) < 4.78 is 11.4. The molecule has 0 amide bonds. The van der Waals surface area contributed by atoms with Crippen molar-refractivity contribution in [3.8, 4) is 22.6 Å². The van der Waals surface area contributed by atoms with Crippen molar-refractivity contribution in [1.82, 2.24) is 0 Å². The first-order valence-electron chi connectivity index (χ1n) is 8.10. The number of halogens is 3. The highest BCUT2D eigenvalue weighted by molar-refractivity contribution is 9.10. The Bertz CT molecular complexity index is 1020. The highest BCUT2D eigenvalue weighted by Gasteiger charge is 2.16. The lowest BCUT2D eigenvalue weighted by atomic mass is 10.1. The van der Waals surface area contributed by atoms with Gasteiger partial charge in [0.2, 0.25) is 0 Å². The van der Waals surface area contributed by atoms with Gasteiger partial charge in [-0.15, -0.1) is 0 Å². The molecule has 0 atom stereocenters. The van der Waals surface area contributed by atoms with Gasteiger partial charge in [-0.25, -0.2) is 4.79 Å². The van der Waals surface area contributed by atoms with Crippen LogP contribution in [0.5, 0.6) is 11.5 Å². The van der Waals surface area contributed by atoms with E-state index in [1.54, 1.807) is 6.07 Å². The van der Waals surface area contributed by atoms with Crippen LogP contribution in [0.4, 0.5) is 0 Å². The fourth-order valence-electron chi connectivity index (χ4n) is 2.48. The van der Waals surface area contributed by atoms with Gasteiger partial charge in [-0.3, -0.25) is 4.79 Å². The van der Waals surface area contributed by atoms with Gasteiger partial charge >= 0.3 is 5.97 Å². The van der Waals surface area contributed by atoms with Gasteiger partial charge in [-0.1, -0.05) is 59.6 Å². The molecule has 0 aromatic heterocycles. The summed E-state index contributed by atoms with van der Waals surface area (Å²) in [6, 6.07) is 18.2. The molecule has 0 heterocycles. The average molecular weight is 480 g/mol. The number of hydrogen-bond acceptors (Lipinski definition) is 4. The Morgan fingerprint density at radius 2 is 1.75 bits per heavy atom. The Morgan fingerprint density at radius 1 is 1.00 bits per heavy atom. The first-order chi connectivity index (χ1) is 13.5. The normalized spacial score (nSPS) is 10.4. The summed E-state index contributed by atoms with van der Waals surface area (Å²) in [7, 11) is 0. The molecule has 0 saturated carbocycles. The topological polar surface area (TPSA) is 52.6 Å². The quantitative estimate of drug-likeness (QED) is 0.239. The van der Waals surface area contributed by atoms with E-state index < -0.39 is 5.97 Å². The number of ether oxygens (including phenoxy) is 2. The predicted octanol–water partition coefficient (Wildman–Crippen LogP) is 6.22. The van der Waals surface area contributed by atoms with Crippen LogP contribution in [0.2, 0.25) is 10.0 Å². The van der Waals surface area contributed by atoms with Crippen molar-refractivity contribution in [1.29, 1.82) is 0 Å². The Kier molecular flexibility index (Phi) is 6.73. The summed E-state index contributed by atoms with van der Waals surface area (Å²) in [5.74, 6) is -0.269. The summed E-state index contributed by atoms with van der Waals surface area (Å²) in [6.07, 6.45) is 0.514. The van der Waals surface area contributed by atoms with Gasteiger partial charge in [0.1, 0.15) is 5.75 Å². The fraction of sp³-hybridized carbons (Fsp3) is 0.0476. The summed E-state index contributed by atoms with van der Waals surface area (Å²) >= 11 is 15.3. The molecule has 0 unspecified atom stereocenters. The van der Waals surface area contributed by atoms with E-state index in [1.165, 1.54) is 12.1 Å². The standard InChI is InChI=1S/C21H13BrCl2O4/c22-17-9-14(13-4-2-1-3-5-13)6-7-19(17)27-12-20(26)28-21-15(11-25)8-16(23)10-18(21)24/h1-11H,12H2. The minimum Gasteiger partial charge on any atom is -0.481 e. The van der Waals surface area contributed by atoms with Gasteiger partial charge in [-0.2, -0.15) is 0 Å². The molecule has 3 aromatic carbocycles. The lowest BCUT2D eigenvalue weighted by molar-refractivity contribution is -0.136. The van der Waals surface area contributed by atoms with E-state index in [4.69, 9.17) is 32.7 Å². The molecule has 142 valence electrons. The largest absolute Gasteiger partial charge is 0.481 e. The van der Waals surface area contributed by atoms with Crippen LogP contribution in [-0.2, 0) is 4.79 Å². The fourth-order valence-corrected chi connectivity index (χ4v) is 3.52. The maximum absolute atomic E-state index is 12.1. The Labute approximate surface area is 180 Å². The number of rotatable bonds is 6. The molecule has 0 spiro atoms. The zero-order valence-corrected chi connectivity index (χ0v) is 17.4. The molecule has 28 heavy (non-hydrogen) atoms. The van der Waals surface area contributed by atoms with Gasteiger partial charge in [0, 0.05) is 5.02 Å². The third-order valence-corrected chi connectivity index (χ3v) is 4.88. The second-order valence-corrected chi connectivity index (χ2v) is 7.40. The molecule has 7 heteroatoms. The minimum atomic E-state index is -0.702. The molecular weight excluding hydrogens is 467 g/mol. The van der Waals surface area contributed by atoms with E-state index >= 15 is 0 Å². The number of carbonyl (C=O) groups is 2. The summed E-state index contributed by atoms with van der Waals surface area (Å²) in [6.45, 7) is -0.361. The van der Waals surface area contributed by atoms with Crippen LogP contribution >= 0.6 is 39.1 Å². The number of hydrogen-bond donors (Lipinski definition) is 0. The van der Waals surface area contributed by atoms with Crippen LogP contribution in [0.1, 0.15) is 10.4 Å². The SMILES string of the molecule is O=Cc1cc(Cl)cc(Cl)c1OC(=O)COc1ccc(-c2ccccc2)cc1Br. The Balaban J connectivity index is 1.68. The van der Waals surface area contributed by atoms with Crippen molar-refractivity contribution in [3.05, 3.63) is 80.7 Å². The molecule has 0 bridgehead atoms. The number of aldehydes is 1. The van der Waals surface area contributed by atoms with Crippen LogP contribution in [0.25, 0.3) is 11.1 Å². The molecule has 0 aliphatic carbocycles. The van der Waals surface area contributed by atoms with E-state index in [2.05, 4.69) is 15.9 Å². The van der Waals surface area contributed by atoms with Crippen molar-refractivity contribution in [2.75, 3.05) is 6.61 Å². The molecule has 0 aliphatic rings. The third-order valence-electron chi connectivity index (χ3n) is 3.76. The highest BCUT2D eigenvalue weighted by Crippen LogP contribution is 2.33. The van der Waals surface area contributed by atoms with Gasteiger partial charge < -0.3 is 9.47 Å². The maximum atomic E-state index is 12.1. The van der Waals surface area contributed by atoms with Crippen molar-refractivity contribution >= 4 is 51.4 Å². The first-order valence-corrected chi connectivity index (χ1v) is 9.65. The van der Waals surface area contributed by atoms with E-state index in [9.17, 15) is 9.59 Å². The van der Waals surface area contributed by atoms with E-state index in [1.807, 2.05) is 42.5 Å². The van der Waals surface area contributed by atoms with E-state index in [-0.39, 0.29) is 28.0 Å². The van der Waals surface area contributed by atoms with Gasteiger partial charge in [-0.05, 0) is 51.3 Å². The molecule has 0 N–H and O–H groups in total. The summed E-state index contributed by atoms with van der Waals surface area (Å²) in [5, 5.41) is 0.335. The number of esters is 1. The van der Waals surface area contributed by atoms with Crippen molar-refractivity contribution < 1.29 is 19.1 Å². The Hall–Kier alpha value is -2.34. The molecular formula is C21H13BrCl2O4. The van der Waals surface area contributed by atoms with Crippen LogP contribution in [0, 0.1) is 0 Å². The van der Waals surface area contributed by atoms with Crippen LogP contribution < -0.4 is 9.47 Å². The van der Waals surface area contributed by atoms with Crippen molar-refractivity contribution in [3.63, 3.8) is 0 Å². The minimum absolute atomic E-state index is 0.0480. The van der Waals surface area contributed by atoms with Crippen LogP contribution in [0.15, 0.2) is 65.1 Å². The van der Waals surface area contributed by atoms with Crippen LogP contribution in [0.3, 0.4) is 0 Å². The van der Waals surface area contributed by atoms with Gasteiger partial charge in [0.05, 0.1) is 15.1 Å². The predicted molar refractivity (Wildman–Crippen MR) is 113 cm³/mol. The number of carbonyl (C=O) groups excluding carboxylic acids is 2. The molecule has 3 rings (SSSR count). The van der Waals surface area contributed by atoms with Gasteiger partial charge in [0.25, 0.3) is 0 Å². The van der Waals surface area contributed by atoms with E-state index in [0.29, 0.717) is 16.5 Å². The molecule has 4 nitrogen and oxygen atoms in total. The highest BCUT2D eigenvalue weighted by atomic mass is 79.9.